The summed E-state index contributed by atoms with van der Waals surface area (Å²) in [6.07, 6.45) is 1.32. The number of nitrogens with two attached hydrogens (primary N) is 1. The fourth-order valence-corrected chi connectivity index (χ4v) is 1.81. The molecule has 102 valence electrons. The third kappa shape index (κ3) is 3.13. The fourth-order valence-electron chi connectivity index (χ4n) is 1.65. The third-order valence-corrected chi connectivity index (χ3v) is 2.88. The van der Waals surface area contributed by atoms with E-state index in [1.165, 1.54) is 19.2 Å². The zero-order chi connectivity index (χ0) is 14.7. The van der Waals surface area contributed by atoms with Gasteiger partial charge in [0.25, 0.3) is 5.91 Å². The third-order valence-electron chi connectivity index (χ3n) is 2.67. The standard InChI is InChI=1S/C14H12ClN3O2/c1-8(19)9-3-2-4-10(5-9)18-14(20)11-6-13(15)17-7-12(11)16/h2-7H,16H2,1H3,(H,18,20). The molecule has 0 fully saturated rings. The lowest BCUT2D eigenvalue weighted by molar-refractivity contribution is 0.101. The molecule has 3 N–H and O–H groups in total. The molecule has 0 bridgehead atoms. The lowest BCUT2D eigenvalue weighted by atomic mass is 10.1. The summed E-state index contributed by atoms with van der Waals surface area (Å²) in [5.41, 5.74) is 7.18. The van der Waals surface area contributed by atoms with Gasteiger partial charge in [-0.3, -0.25) is 9.59 Å². The van der Waals surface area contributed by atoms with Crippen molar-refractivity contribution in [3.8, 4) is 0 Å². The molecular weight excluding hydrogens is 278 g/mol. The largest absolute Gasteiger partial charge is 0.397 e. The van der Waals surface area contributed by atoms with Gasteiger partial charge in [0.05, 0.1) is 17.4 Å². The van der Waals surface area contributed by atoms with Gasteiger partial charge in [-0.15, -0.1) is 0 Å². The average molecular weight is 290 g/mol. The molecule has 1 aromatic heterocycles. The van der Waals surface area contributed by atoms with E-state index >= 15 is 0 Å². The summed E-state index contributed by atoms with van der Waals surface area (Å²) in [5, 5.41) is 2.85. The topological polar surface area (TPSA) is 85.1 Å². The number of nitrogens with zero attached hydrogens (tertiary/aromatic N) is 1. The Morgan fingerprint density at radius 1 is 1.30 bits per heavy atom. The van der Waals surface area contributed by atoms with Gasteiger partial charge in [0, 0.05) is 11.3 Å². The van der Waals surface area contributed by atoms with Gasteiger partial charge in [0.1, 0.15) is 5.15 Å². The Labute approximate surface area is 120 Å². The number of amides is 1. The molecule has 6 heteroatoms. The van der Waals surface area contributed by atoms with Crippen molar-refractivity contribution in [1.29, 1.82) is 0 Å². The molecule has 2 rings (SSSR count). The van der Waals surface area contributed by atoms with Crippen LogP contribution in [0.25, 0.3) is 0 Å². The van der Waals surface area contributed by atoms with Crippen molar-refractivity contribution < 1.29 is 9.59 Å². The molecule has 0 saturated carbocycles. The Bertz CT molecular complexity index is 686. The highest BCUT2D eigenvalue weighted by Crippen LogP contribution is 2.18. The van der Waals surface area contributed by atoms with Crippen molar-refractivity contribution in [3.05, 3.63) is 52.8 Å². The summed E-state index contributed by atoms with van der Waals surface area (Å²) in [6, 6.07) is 8.04. The van der Waals surface area contributed by atoms with Crippen LogP contribution in [-0.4, -0.2) is 16.7 Å². The van der Waals surface area contributed by atoms with Crippen LogP contribution in [0.4, 0.5) is 11.4 Å². The smallest absolute Gasteiger partial charge is 0.257 e. The summed E-state index contributed by atoms with van der Waals surface area (Å²) in [6.45, 7) is 1.46. The van der Waals surface area contributed by atoms with Gasteiger partial charge >= 0.3 is 0 Å². The molecular formula is C14H12ClN3O2. The van der Waals surface area contributed by atoms with E-state index in [0.29, 0.717) is 11.3 Å². The Kier molecular flexibility index (Phi) is 4.00. The Hall–Kier alpha value is -2.40. The van der Waals surface area contributed by atoms with Crippen LogP contribution in [-0.2, 0) is 0 Å². The van der Waals surface area contributed by atoms with E-state index in [2.05, 4.69) is 10.3 Å². The Balaban J connectivity index is 2.25. The zero-order valence-electron chi connectivity index (χ0n) is 10.7. The van der Waals surface area contributed by atoms with E-state index < -0.39 is 5.91 Å². The van der Waals surface area contributed by atoms with Crippen LogP contribution >= 0.6 is 11.6 Å². The second-order valence-electron chi connectivity index (χ2n) is 4.19. The lowest BCUT2D eigenvalue weighted by Crippen LogP contribution is -2.14. The minimum Gasteiger partial charge on any atom is -0.397 e. The molecule has 0 aliphatic heterocycles. The number of carbonyl (C=O) groups excluding carboxylic acids is 2. The van der Waals surface area contributed by atoms with Crippen molar-refractivity contribution in [2.24, 2.45) is 0 Å². The molecule has 0 aliphatic rings. The van der Waals surface area contributed by atoms with Gasteiger partial charge in [-0.2, -0.15) is 0 Å². The first-order chi connectivity index (χ1) is 9.47. The highest BCUT2D eigenvalue weighted by atomic mass is 35.5. The summed E-state index contributed by atoms with van der Waals surface area (Å²) in [7, 11) is 0. The molecule has 20 heavy (non-hydrogen) atoms. The van der Waals surface area contributed by atoms with Crippen LogP contribution in [0.1, 0.15) is 27.6 Å². The Morgan fingerprint density at radius 2 is 2.05 bits per heavy atom. The number of anilines is 2. The number of benzene rings is 1. The van der Waals surface area contributed by atoms with E-state index in [-0.39, 0.29) is 22.2 Å². The van der Waals surface area contributed by atoms with Gasteiger partial charge in [-0.1, -0.05) is 23.7 Å². The number of Topliss-reactive ketones (excluding diaryl/α,β-unsaturated/α-hetero) is 1. The maximum absolute atomic E-state index is 12.1. The number of nitrogens with one attached hydrogen (secondary N) is 1. The van der Waals surface area contributed by atoms with E-state index in [4.69, 9.17) is 17.3 Å². The summed E-state index contributed by atoms with van der Waals surface area (Å²) < 4.78 is 0. The maximum Gasteiger partial charge on any atom is 0.257 e. The second-order valence-corrected chi connectivity index (χ2v) is 4.57. The zero-order valence-corrected chi connectivity index (χ0v) is 11.4. The van der Waals surface area contributed by atoms with Crippen molar-refractivity contribution in [2.75, 3.05) is 11.1 Å². The SMILES string of the molecule is CC(=O)c1cccc(NC(=O)c2cc(Cl)ncc2N)c1. The number of hydrogen-bond donors (Lipinski definition) is 2. The molecule has 1 amide bonds. The first kappa shape index (κ1) is 14.0. The van der Waals surface area contributed by atoms with E-state index in [9.17, 15) is 9.59 Å². The van der Waals surface area contributed by atoms with Gasteiger partial charge < -0.3 is 11.1 Å². The molecule has 5 nitrogen and oxygen atoms in total. The summed E-state index contributed by atoms with van der Waals surface area (Å²) >= 11 is 5.74. The van der Waals surface area contributed by atoms with Crippen molar-refractivity contribution in [3.63, 3.8) is 0 Å². The molecule has 0 atom stereocenters. The van der Waals surface area contributed by atoms with E-state index in [1.54, 1.807) is 24.3 Å². The van der Waals surface area contributed by atoms with Crippen molar-refractivity contribution in [1.82, 2.24) is 4.98 Å². The Morgan fingerprint density at radius 3 is 2.75 bits per heavy atom. The molecule has 0 unspecified atom stereocenters. The number of halogens is 1. The van der Waals surface area contributed by atoms with Gasteiger partial charge in [0.15, 0.2) is 5.78 Å². The van der Waals surface area contributed by atoms with Crippen LogP contribution in [0.2, 0.25) is 5.15 Å². The molecule has 0 aliphatic carbocycles. The lowest BCUT2D eigenvalue weighted by Gasteiger charge is -2.08. The molecule has 0 spiro atoms. The number of carbonyl (C=O) groups is 2. The number of aromatic nitrogens is 1. The van der Waals surface area contributed by atoms with E-state index in [1.807, 2.05) is 0 Å². The predicted molar refractivity (Wildman–Crippen MR) is 78.1 cm³/mol. The molecule has 0 radical (unpaired) electrons. The predicted octanol–water partition coefficient (Wildman–Crippen LogP) is 2.77. The van der Waals surface area contributed by atoms with Crippen molar-refractivity contribution in [2.45, 2.75) is 6.92 Å². The first-order valence-electron chi connectivity index (χ1n) is 5.81. The van der Waals surface area contributed by atoms with Gasteiger partial charge in [-0.25, -0.2) is 4.98 Å². The van der Waals surface area contributed by atoms with Crippen LogP contribution in [0.15, 0.2) is 36.5 Å². The summed E-state index contributed by atoms with van der Waals surface area (Å²) in [4.78, 5) is 27.2. The monoisotopic (exact) mass is 289 g/mol. The fraction of sp³-hybridized carbons (Fsp3) is 0.0714. The molecule has 0 saturated heterocycles. The number of ketones is 1. The number of pyridine rings is 1. The average Bonchev–Trinajstić information content (AvgIpc) is 2.41. The highest BCUT2D eigenvalue weighted by molar-refractivity contribution is 6.30. The number of hydrogen-bond acceptors (Lipinski definition) is 4. The van der Waals surface area contributed by atoms with Crippen LogP contribution in [0.3, 0.4) is 0 Å². The van der Waals surface area contributed by atoms with Crippen LogP contribution in [0.5, 0.6) is 0 Å². The molecule has 2 aromatic rings. The highest BCUT2D eigenvalue weighted by Gasteiger charge is 2.12. The quantitative estimate of drug-likeness (QED) is 0.672. The number of nitrogen functional groups attached to an aromatic ring is 1. The summed E-state index contributed by atoms with van der Waals surface area (Å²) in [5.74, 6) is -0.486. The second kappa shape index (κ2) is 5.71. The van der Waals surface area contributed by atoms with E-state index in [0.717, 1.165) is 0 Å². The molecule has 1 heterocycles. The van der Waals surface area contributed by atoms with Crippen LogP contribution in [0, 0.1) is 0 Å². The van der Waals surface area contributed by atoms with Crippen molar-refractivity contribution >= 4 is 34.7 Å². The van der Waals surface area contributed by atoms with Gasteiger partial charge in [0.2, 0.25) is 0 Å². The normalized spacial score (nSPS) is 10.1. The number of rotatable bonds is 3. The minimum atomic E-state index is -0.410. The molecule has 1 aromatic carbocycles. The minimum absolute atomic E-state index is 0.0763. The maximum atomic E-state index is 12.1. The van der Waals surface area contributed by atoms with Crippen LogP contribution < -0.4 is 11.1 Å². The van der Waals surface area contributed by atoms with Gasteiger partial charge in [-0.05, 0) is 25.1 Å². The first-order valence-corrected chi connectivity index (χ1v) is 6.18.